The van der Waals surface area contributed by atoms with Gasteiger partial charge in [-0.25, -0.2) is 0 Å². The Hall–Kier alpha value is -2.30. The van der Waals surface area contributed by atoms with E-state index in [1.807, 2.05) is 57.6 Å². The average molecular weight is 315 g/mol. The Labute approximate surface area is 137 Å². The molecule has 5 nitrogen and oxygen atoms in total. The minimum atomic E-state index is -0.107. The van der Waals surface area contributed by atoms with Crippen LogP contribution in [-0.4, -0.2) is 28.8 Å². The van der Waals surface area contributed by atoms with Gasteiger partial charge in [-0.2, -0.15) is 5.10 Å². The van der Waals surface area contributed by atoms with Crippen LogP contribution in [0.1, 0.15) is 28.1 Å². The number of aryl methyl sites for hydroxylation is 4. The Morgan fingerprint density at radius 2 is 2.00 bits per heavy atom. The molecule has 23 heavy (non-hydrogen) atoms. The fourth-order valence-corrected chi connectivity index (χ4v) is 2.66. The molecule has 0 unspecified atom stereocenters. The molecule has 0 aliphatic rings. The third-order valence-electron chi connectivity index (χ3n) is 4.05. The molecule has 1 aromatic heterocycles. The lowest BCUT2D eigenvalue weighted by Crippen LogP contribution is -2.30. The number of carbonyl (C=O) groups excluding carboxylic acids is 1. The molecule has 0 saturated heterocycles. The Bertz CT molecular complexity index is 705. The maximum absolute atomic E-state index is 11.9. The second kappa shape index (κ2) is 7.31. The fraction of sp³-hybridized carbons (Fsp3) is 0.444. The number of carbonyl (C=O) groups is 1. The summed E-state index contributed by atoms with van der Waals surface area (Å²) < 4.78 is 7.45. The maximum Gasteiger partial charge on any atom is 0.257 e. The van der Waals surface area contributed by atoms with Crippen molar-refractivity contribution in [2.24, 2.45) is 7.05 Å². The average Bonchev–Trinajstić information content (AvgIpc) is 2.72. The molecule has 0 saturated carbocycles. The quantitative estimate of drug-likeness (QED) is 0.890. The van der Waals surface area contributed by atoms with Gasteiger partial charge in [0.05, 0.1) is 5.69 Å². The lowest BCUT2D eigenvalue weighted by molar-refractivity contribution is -0.123. The predicted octanol–water partition coefficient (Wildman–Crippen LogP) is 2.39. The van der Waals surface area contributed by atoms with Crippen LogP contribution in [0, 0.1) is 27.7 Å². The van der Waals surface area contributed by atoms with Crippen molar-refractivity contribution in [3.05, 3.63) is 46.3 Å². The summed E-state index contributed by atoms with van der Waals surface area (Å²) in [4.78, 5) is 11.9. The Balaban J connectivity index is 1.79. The number of rotatable bonds is 6. The SMILES string of the molecule is Cc1ccc(OCC(=O)NCCc2c(C)nn(C)c2C)c(C)c1. The van der Waals surface area contributed by atoms with Crippen molar-refractivity contribution in [1.82, 2.24) is 15.1 Å². The first-order valence-electron chi connectivity index (χ1n) is 7.84. The lowest BCUT2D eigenvalue weighted by Gasteiger charge is -2.10. The normalized spacial score (nSPS) is 10.7. The zero-order valence-electron chi connectivity index (χ0n) is 14.6. The van der Waals surface area contributed by atoms with Crippen LogP contribution < -0.4 is 10.1 Å². The van der Waals surface area contributed by atoms with Gasteiger partial charge in [-0.05, 0) is 51.3 Å². The predicted molar refractivity (Wildman–Crippen MR) is 90.8 cm³/mol. The monoisotopic (exact) mass is 315 g/mol. The van der Waals surface area contributed by atoms with E-state index in [4.69, 9.17) is 4.74 Å². The Morgan fingerprint density at radius 1 is 1.26 bits per heavy atom. The van der Waals surface area contributed by atoms with E-state index >= 15 is 0 Å². The number of aromatic nitrogens is 2. The number of benzene rings is 1. The minimum absolute atomic E-state index is 0.0366. The molecule has 1 aromatic carbocycles. The van der Waals surface area contributed by atoms with Gasteiger partial charge in [0.1, 0.15) is 5.75 Å². The molecule has 1 amide bonds. The van der Waals surface area contributed by atoms with E-state index in [1.165, 1.54) is 11.1 Å². The molecule has 2 aromatic rings. The molecule has 0 atom stereocenters. The standard InChI is InChI=1S/C18H25N3O2/c1-12-6-7-17(13(2)10-12)23-11-18(22)19-9-8-16-14(3)20-21(5)15(16)4/h6-7,10H,8-9,11H2,1-5H3,(H,19,22). The molecule has 1 heterocycles. The smallest absolute Gasteiger partial charge is 0.257 e. The van der Waals surface area contributed by atoms with Crippen molar-refractivity contribution >= 4 is 5.91 Å². The van der Waals surface area contributed by atoms with Gasteiger partial charge in [0.25, 0.3) is 5.91 Å². The molecule has 1 N–H and O–H groups in total. The van der Waals surface area contributed by atoms with E-state index in [2.05, 4.69) is 10.4 Å². The highest BCUT2D eigenvalue weighted by Gasteiger charge is 2.10. The highest BCUT2D eigenvalue weighted by molar-refractivity contribution is 5.77. The van der Waals surface area contributed by atoms with Crippen molar-refractivity contribution in [2.75, 3.05) is 13.2 Å². The second-order valence-electron chi connectivity index (χ2n) is 5.93. The molecule has 124 valence electrons. The highest BCUT2D eigenvalue weighted by atomic mass is 16.5. The molecule has 0 bridgehead atoms. The van der Waals surface area contributed by atoms with Crippen molar-refractivity contribution in [2.45, 2.75) is 34.1 Å². The first-order chi connectivity index (χ1) is 10.9. The van der Waals surface area contributed by atoms with Crippen molar-refractivity contribution < 1.29 is 9.53 Å². The van der Waals surface area contributed by atoms with E-state index in [0.29, 0.717) is 6.54 Å². The van der Waals surface area contributed by atoms with Gasteiger partial charge in [0, 0.05) is 19.3 Å². The van der Waals surface area contributed by atoms with Gasteiger partial charge in [-0.1, -0.05) is 17.7 Å². The lowest BCUT2D eigenvalue weighted by atomic mass is 10.1. The van der Waals surface area contributed by atoms with Gasteiger partial charge in [-0.15, -0.1) is 0 Å². The molecule has 0 fully saturated rings. The summed E-state index contributed by atoms with van der Waals surface area (Å²) in [5, 5.41) is 7.28. The summed E-state index contributed by atoms with van der Waals surface area (Å²) in [6, 6.07) is 5.93. The van der Waals surface area contributed by atoms with Gasteiger partial charge >= 0.3 is 0 Å². The van der Waals surface area contributed by atoms with Gasteiger partial charge in [0.15, 0.2) is 6.61 Å². The largest absolute Gasteiger partial charge is 0.484 e. The number of nitrogens with zero attached hydrogens (tertiary/aromatic N) is 2. The van der Waals surface area contributed by atoms with E-state index in [1.54, 1.807) is 0 Å². The van der Waals surface area contributed by atoms with Crippen LogP contribution in [0.3, 0.4) is 0 Å². The molecular formula is C18H25N3O2. The van der Waals surface area contributed by atoms with Crippen LogP contribution in [-0.2, 0) is 18.3 Å². The first-order valence-corrected chi connectivity index (χ1v) is 7.84. The van der Waals surface area contributed by atoms with Gasteiger partial charge in [-0.3, -0.25) is 9.48 Å². The summed E-state index contributed by atoms with van der Waals surface area (Å²) in [6.45, 7) is 8.67. The Morgan fingerprint density at radius 3 is 2.61 bits per heavy atom. The molecule has 0 aliphatic heterocycles. The zero-order chi connectivity index (χ0) is 17.0. The maximum atomic E-state index is 11.9. The number of ether oxygens (including phenoxy) is 1. The van der Waals surface area contributed by atoms with Crippen molar-refractivity contribution in [3.63, 3.8) is 0 Å². The van der Waals surface area contributed by atoms with Crippen LogP contribution in [0.2, 0.25) is 0 Å². The zero-order valence-corrected chi connectivity index (χ0v) is 14.6. The molecule has 2 rings (SSSR count). The van der Waals surface area contributed by atoms with Crippen LogP contribution >= 0.6 is 0 Å². The van der Waals surface area contributed by atoms with Crippen molar-refractivity contribution in [1.29, 1.82) is 0 Å². The minimum Gasteiger partial charge on any atom is -0.484 e. The Kier molecular flexibility index (Phi) is 5.42. The van der Waals surface area contributed by atoms with Gasteiger partial charge in [0.2, 0.25) is 0 Å². The summed E-state index contributed by atoms with van der Waals surface area (Å²) in [5.74, 6) is 0.647. The molecule has 0 radical (unpaired) electrons. The number of nitrogens with one attached hydrogen (secondary N) is 1. The fourth-order valence-electron chi connectivity index (χ4n) is 2.66. The first kappa shape index (κ1) is 17.1. The van der Waals surface area contributed by atoms with Crippen LogP contribution in [0.25, 0.3) is 0 Å². The third kappa shape index (κ3) is 4.34. The second-order valence-corrected chi connectivity index (χ2v) is 5.93. The summed E-state index contributed by atoms with van der Waals surface area (Å²) in [6.07, 6.45) is 0.779. The molecule has 5 heteroatoms. The highest BCUT2D eigenvalue weighted by Crippen LogP contribution is 2.18. The van der Waals surface area contributed by atoms with Gasteiger partial charge < -0.3 is 10.1 Å². The van der Waals surface area contributed by atoms with Crippen LogP contribution in [0.4, 0.5) is 0 Å². The topological polar surface area (TPSA) is 56.1 Å². The molecule has 0 spiro atoms. The summed E-state index contributed by atoms with van der Waals surface area (Å²) in [7, 11) is 1.93. The molecular weight excluding hydrogens is 290 g/mol. The van der Waals surface area contributed by atoms with E-state index in [9.17, 15) is 4.79 Å². The van der Waals surface area contributed by atoms with Crippen LogP contribution in [0.15, 0.2) is 18.2 Å². The number of hydrogen-bond acceptors (Lipinski definition) is 3. The van der Waals surface area contributed by atoms with E-state index < -0.39 is 0 Å². The van der Waals surface area contributed by atoms with Crippen LogP contribution in [0.5, 0.6) is 5.75 Å². The summed E-state index contributed by atoms with van der Waals surface area (Å²) >= 11 is 0. The van der Waals surface area contributed by atoms with E-state index in [-0.39, 0.29) is 12.5 Å². The molecule has 0 aliphatic carbocycles. The third-order valence-corrected chi connectivity index (χ3v) is 4.05. The number of amides is 1. The number of hydrogen-bond donors (Lipinski definition) is 1. The van der Waals surface area contributed by atoms with E-state index in [0.717, 1.165) is 29.1 Å². The summed E-state index contributed by atoms with van der Waals surface area (Å²) in [5.41, 5.74) is 5.58. The van der Waals surface area contributed by atoms with Crippen molar-refractivity contribution in [3.8, 4) is 5.75 Å².